The van der Waals surface area contributed by atoms with Gasteiger partial charge < -0.3 is 31.9 Å². The van der Waals surface area contributed by atoms with E-state index in [-0.39, 0.29) is 34.0 Å². The predicted molar refractivity (Wildman–Crippen MR) is 83.7 cm³/mol. The van der Waals surface area contributed by atoms with Gasteiger partial charge in [0.1, 0.15) is 22.9 Å². The highest BCUT2D eigenvalue weighted by Crippen LogP contribution is 2.29. The second-order valence-electron chi connectivity index (χ2n) is 4.56. The summed E-state index contributed by atoms with van der Waals surface area (Å²) in [6.45, 7) is 0. The van der Waals surface area contributed by atoms with Gasteiger partial charge in [0.15, 0.2) is 11.5 Å². The third kappa shape index (κ3) is 2.76. The van der Waals surface area contributed by atoms with Gasteiger partial charge in [-0.05, 0) is 24.3 Å². The third-order valence-electron chi connectivity index (χ3n) is 3.12. The summed E-state index contributed by atoms with van der Waals surface area (Å²) in [5.41, 5.74) is 11.0. The zero-order chi connectivity index (χ0) is 16.3. The van der Waals surface area contributed by atoms with Gasteiger partial charge in [-0.25, -0.2) is 0 Å². The Morgan fingerprint density at radius 3 is 1.27 bits per heavy atom. The molecule has 0 bridgehead atoms. The average Bonchev–Trinajstić information content (AvgIpc) is 2.53. The lowest BCUT2D eigenvalue weighted by Crippen LogP contribution is -2.14. The van der Waals surface area contributed by atoms with Gasteiger partial charge in [0.25, 0.3) is 0 Å². The van der Waals surface area contributed by atoms with E-state index >= 15 is 0 Å². The first-order valence-electron chi connectivity index (χ1n) is 6.38. The Morgan fingerprint density at radius 1 is 0.636 bits per heavy atom. The number of hydrogen-bond donors (Lipinski definition) is 6. The Labute approximate surface area is 126 Å². The number of hydrogen-bond acceptors (Lipinski definition) is 6. The molecule has 0 unspecified atom stereocenters. The minimum atomic E-state index is -0.474. The minimum absolute atomic E-state index is 0.0769. The van der Waals surface area contributed by atoms with Crippen molar-refractivity contribution in [2.24, 2.45) is 11.5 Å². The molecule has 0 heterocycles. The minimum Gasteiger partial charge on any atom is -0.507 e. The quantitative estimate of drug-likeness (QED) is 0.380. The van der Waals surface area contributed by atoms with E-state index in [9.17, 15) is 20.4 Å². The van der Waals surface area contributed by atoms with Crippen molar-refractivity contribution in [3.63, 3.8) is 0 Å². The molecule has 114 valence electrons. The molecule has 0 spiro atoms. The zero-order valence-corrected chi connectivity index (χ0v) is 11.6. The summed E-state index contributed by atoms with van der Waals surface area (Å²) in [4.78, 5) is 0. The molecule has 0 saturated heterocycles. The van der Waals surface area contributed by atoms with Gasteiger partial charge in [0.2, 0.25) is 0 Å². The second kappa shape index (κ2) is 6.01. The number of rotatable bonds is 3. The molecule has 0 aromatic heterocycles. The van der Waals surface area contributed by atoms with Crippen LogP contribution in [0.4, 0.5) is 0 Å². The normalized spacial score (nSPS) is 13.3. The molecule has 0 radical (unpaired) electrons. The van der Waals surface area contributed by atoms with Crippen LogP contribution in [0.15, 0.2) is 59.9 Å². The highest BCUT2D eigenvalue weighted by molar-refractivity contribution is 5.76. The number of phenolic OH excluding ortho intramolecular Hbond substituents is 2. The van der Waals surface area contributed by atoms with Crippen LogP contribution < -0.4 is 11.5 Å². The smallest absolute Gasteiger partial charge is 0.151 e. The molecule has 0 saturated carbocycles. The van der Waals surface area contributed by atoms with Crippen LogP contribution in [-0.2, 0) is 0 Å². The molecule has 6 nitrogen and oxygen atoms in total. The number of aliphatic hydroxyl groups is 2. The van der Waals surface area contributed by atoms with Crippen molar-refractivity contribution in [1.29, 1.82) is 0 Å². The van der Waals surface area contributed by atoms with Gasteiger partial charge in [-0.2, -0.15) is 0 Å². The Hall–Kier alpha value is -3.28. The van der Waals surface area contributed by atoms with Gasteiger partial charge >= 0.3 is 0 Å². The maximum Gasteiger partial charge on any atom is 0.151 e. The number of nitrogens with two attached hydrogens (primary N) is 2. The number of aromatic hydroxyl groups is 2. The number of phenols is 2. The summed E-state index contributed by atoms with van der Waals surface area (Å²) >= 11 is 0. The van der Waals surface area contributed by atoms with Crippen molar-refractivity contribution in [3.05, 3.63) is 71.1 Å². The summed E-state index contributed by atoms with van der Waals surface area (Å²) in [7, 11) is 0. The third-order valence-corrected chi connectivity index (χ3v) is 3.12. The van der Waals surface area contributed by atoms with E-state index in [1.165, 1.54) is 24.3 Å². The fourth-order valence-electron chi connectivity index (χ4n) is 1.89. The van der Waals surface area contributed by atoms with Gasteiger partial charge in [0.05, 0.1) is 11.1 Å². The van der Waals surface area contributed by atoms with Crippen LogP contribution in [0, 0.1) is 0 Å². The summed E-state index contributed by atoms with van der Waals surface area (Å²) < 4.78 is 0. The first-order valence-corrected chi connectivity index (χ1v) is 6.38. The Kier molecular flexibility index (Phi) is 4.13. The predicted octanol–water partition coefficient (Wildman–Crippen LogP) is 2.17. The Morgan fingerprint density at radius 2 is 0.955 bits per heavy atom. The lowest BCUT2D eigenvalue weighted by atomic mass is 10.1. The first-order chi connectivity index (χ1) is 10.4. The molecule has 2 rings (SSSR count). The number of para-hydroxylation sites is 2. The summed E-state index contributed by atoms with van der Waals surface area (Å²) in [5, 5.41) is 39.6. The molecule has 0 atom stereocenters. The zero-order valence-electron chi connectivity index (χ0n) is 11.6. The Bertz CT molecular complexity index is 701. The number of benzene rings is 2. The van der Waals surface area contributed by atoms with E-state index in [4.69, 9.17) is 11.5 Å². The fraction of sp³-hybridized carbons (Fsp3) is 0. The average molecular weight is 300 g/mol. The van der Waals surface area contributed by atoms with Crippen LogP contribution in [0.5, 0.6) is 11.5 Å². The lowest BCUT2D eigenvalue weighted by molar-refractivity contribution is 0.455. The molecule has 2 aromatic carbocycles. The summed E-state index contributed by atoms with van der Waals surface area (Å²) in [5.74, 6) is -1.31. The summed E-state index contributed by atoms with van der Waals surface area (Å²) in [6, 6.07) is 12.0. The van der Waals surface area contributed by atoms with Crippen LogP contribution in [0.2, 0.25) is 0 Å². The van der Waals surface area contributed by atoms with Crippen molar-refractivity contribution in [1.82, 2.24) is 0 Å². The highest BCUT2D eigenvalue weighted by Gasteiger charge is 2.16. The molecular formula is C16H16N2O4. The van der Waals surface area contributed by atoms with Gasteiger partial charge in [-0.3, -0.25) is 0 Å². The van der Waals surface area contributed by atoms with Crippen LogP contribution in [0.1, 0.15) is 11.1 Å². The van der Waals surface area contributed by atoms with E-state index in [2.05, 4.69) is 0 Å². The molecule has 0 aliphatic carbocycles. The van der Waals surface area contributed by atoms with Crippen LogP contribution in [0.3, 0.4) is 0 Å². The molecule has 0 fully saturated rings. The van der Waals surface area contributed by atoms with Gasteiger partial charge in [-0.1, -0.05) is 24.3 Å². The van der Waals surface area contributed by atoms with Crippen LogP contribution in [-0.4, -0.2) is 20.4 Å². The highest BCUT2D eigenvalue weighted by atomic mass is 16.3. The van der Waals surface area contributed by atoms with Crippen molar-refractivity contribution in [3.8, 4) is 11.5 Å². The van der Waals surface area contributed by atoms with Gasteiger partial charge in [0, 0.05) is 0 Å². The van der Waals surface area contributed by atoms with E-state index in [1.54, 1.807) is 24.3 Å². The second-order valence-corrected chi connectivity index (χ2v) is 4.56. The van der Waals surface area contributed by atoms with Crippen molar-refractivity contribution in [2.45, 2.75) is 0 Å². The van der Waals surface area contributed by atoms with E-state index in [0.29, 0.717) is 0 Å². The van der Waals surface area contributed by atoms with E-state index in [0.717, 1.165) is 0 Å². The molecule has 0 aliphatic heterocycles. The lowest BCUT2D eigenvalue weighted by Gasteiger charge is -2.11. The fourth-order valence-corrected chi connectivity index (χ4v) is 1.89. The monoisotopic (exact) mass is 300 g/mol. The standard InChI is InChI=1S/C16H16N2O4/c17-13(15(21)9-5-1-3-7-11(9)19)14(18)16(22)10-6-2-4-8-12(10)20/h1-8,19-22H,17-18H2. The van der Waals surface area contributed by atoms with Crippen molar-refractivity contribution >= 4 is 11.5 Å². The Balaban J connectivity index is 2.54. The molecule has 2 aromatic rings. The molecule has 0 aliphatic rings. The summed E-state index contributed by atoms with van der Waals surface area (Å²) in [6.07, 6.45) is 0. The maximum absolute atomic E-state index is 10.1. The molecule has 0 amide bonds. The maximum atomic E-state index is 10.1. The molecular weight excluding hydrogens is 284 g/mol. The largest absolute Gasteiger partial charge is 0.507 e. The van der Waals surface area contributed by atoms with Crippen LogP contribution in [0.25, 0.3) is 11.5 Å². The molecule has 22 heavy (non-hydrogen) atoms. The van der Waals surface area contributed by atoms with Crippen molar-refractivity contribution in [2.75, 3.05) is 0 Å². The van der Waals surface area contributed by atoms with E-state index < -0.39 is 11.5 Å². The molecule has 6 heteroatoms. The van der Waals surface area contributed by atoms with Crippen molar-refractivity contribution < 1.29 is 20.4 Å². The number of aliphatic hydroxyl groups excluding tert-OH is 2. The first kappa shape index (κ1) is 15.1. The van der Waals surface area contributed by atoms with E-state index in [1.807, 2.05) is 0 Å². The van der Waals surface area contributed by atoms with Crippen LogP contribution >= 0.6 is 0 Å². The SMILES string of the molecule is NC(C(N)=C(O)c1ccccc1O)=C(O)c1ccccc1O. The topological polar surface area (TPSA) is 133 Å². The van der Waals surface area contributed by atoms with Gasteiger partial charge in [-0.15, -0.1) is 0 Å². The molecule has 8 N–H and O–H groups in total.